The van der Waals surface area contributed by atoms with Gasteiger partial charge in [-0.25, -0.2) is 0 Å². The molecule has 0 aromatic carbocycles. The lowest BCUT2D eigenvalue weighted by atomic mass is 10.0. The van der Waals surface area contributed by atoms with Crippen molar-refractivity contribution in [1.29, 1.82) is 0 Å². The van der Waals surface area contributed by atoms with Crippen LogP contribution in [0.3, 0.4) is 0 Å². The molecule has 0 aromatic rings. The van der Waals surface area contributed by atoms with Crippen LogP contribution in [-0.2, 0) is 19.6 Å². The summed E-state index contributed by atoms with van der Waals surface area (Å²) in [5.74, 6) is -0.841. The highest BCUT2D eigenvalue weighted by Crippen LogP contribution is 2.16. The molecule has 180 valence electrons. The molecular weight excluding hydrogens is 400 g/mol. The summed E-state index contributed by atoms with van der Waals surface area (Å²) in [4.78, 5) is 11.6. The summed E-state index contributed by atoms with van der Waals surface area (Å²) in [6.45, 7) is 4.00. The maximum absolute atomic E-state index is 11.6. The summed E-state index contributed by atoms with van der Waals surface area (Å²) < 4.78 is 36.6. The highest BCUT2D eigenvalue weighted by atomic mass is 32.2. The molecule has 0 radical (unpaired) electrons. The van der Waals surface area contributed by atoms with E-state index in [-0.39, 0.29) is 13.0 Å². The fourth-order valence-corrected chi connectivity index (χ4v) is 4.63. The third kappa shape index (κ3) is 18.2. The van der Waals surface area contributed by atoms with E-state index in [1.165, 1.54) is 89.9 Å². The van der Waals surface area contributed by atoms with Crippen molar-refractivity contribution in [3.05, 3.63) is 0 Å². The van der Waals surface area contributed by atoms with Gasteiger partial charge in [-0.05, 0) is 13.3 Å². The molecule has 0 rings (SSSR count). The Hall–Kier alpha value is -0.620. The van der Waals surface area contributed by atoms with Crippen LogP contribution in [0.4, 0.5) is 0 Å². The van der Waals surface area contributed by atoms with Gasteiger partial charge >= 0.3 is 5.97 Å². The number of rotatable bonds is 22. The fourth-order valence-electron chi connectivity index (χ4n) is 3.85. The van der Waals surface area contributed by atoms with E-state index in [0.29, 0.717) is 6.42 Å². The van der Waals surface area contributed by atoms with Crippen LogP contribution in [0.15, 0.2) is 0 Å². The number of esters is 1. The maximum Gasteiger partial charge on any atom is 0.326 e. The Kier molecular flexibility index (Phi) is 19.9. The Morgan fingerprint density at radius 3 is 1.30 bits per heavy atom. The molecule has 0 amide bonds. The first-order valence-corrected chi connectivity index (χ1v) is 14.1. The largest absolute Gasteiger partial charge is 0.465 e. The first kappa shape index (κ1) is 29.4. The minimum absolute atomic E-state index is 0.115. The normalized spacial score (nSPS) is 12.8. The molecular formula is C24H48O5S. The third-order valence-corrected chi connectivity index (χ3v) is 6.88. The molecule has 0 fully saturated rings. The van der Waals surface area contributed by atoms with Gasteiger partial charge in [-0.1, -0.05) is 122 Å². The van der Waals surface area contributed by atoms with Gasteiger partial charge in [-0.3, -0.25) is 9.35 Å². The van der Waals surface area contributed by atoms with E-state index in [1.807, 2.05) is 0 Å². The fraction of sp³-hybridized carbons (Fsp3) is 0.958. The maximum atomic E-state index is 11.6. The molecule has 0 aliphatic rings. The van der Waals surface area contributed by atoms with E-state index < -0.39 is 21.3 Å². The van der Waals surface area contributed by atoms with Crippen molar-refractivity contribution in [2.45, 2.75) is 141 Å². The number of hydrogen-bond acceptors (Lipinski definition) is 4. The van der Waals surface area contributed by atoms with Crippen LogP contribution in [0.1, 0.15) is 136 Å². The number of carbonyl (C=O) groups excluding carboxylic acids is 1. The quantitative estimate of drug-likeness (QED) is 0.107. The van der Waals surface area contributed by atoms with Crippen LogP contribution < -0.4 is 0 Å². The van der Waals surface area contributed by atoms with Gasteiger partial charge in [0.15, 0.2) is 5.25 Å². The zero-order valence-electron chi connectivity index (χ0n) is 19.7. The van der Waals surface area contributed by atoms with Crippen molar-refractivity contribution in [2.75, 3.05) is 6.61 Å². The predicted octanol–water partition coefficient (Wildman–Crippen LogP) is 7.24. The summed E-state index contributed by atoms with van der Waals surface area (Å²) in [7, 11) is -4.38. The summed E-state index contributed by atoms with van der Waals surface area (Å²) in [6, 6.07) is 0. The first-order chi connectivity index (χ1) is 14.4. The second kappa shape index (κ2) is 20.3. The predicted molar refractivity (Wildman–Crippen MR) is 125 cm³/mol. The van der Waals surface area contributed by atoms with Crippen molar-refractivity contribution in [1.82, 2.24) is 0 Å². The Bertz CT molecular complexity index is 490. The van der Waals surface area contributed by atoms with Crippen molar-refractivity contribution >= 4 is 16.1 Å². The summed E-state index contributed by atoms with van der Waals surface area (Å²) in [6.07, 6.45) is 22.9. The van der Waals surface area contributed by atoms with Crippen molar-refractivity contribution in [3.8, 4) is 0 Å². The lowest BCUT2D eigenvalue weighted by molar-refractivity contribution is -0.142. The first-order valence-electron chi connectivity index (χ1n) is 12.6. The lowest BCUT2D eigenvalue weighted by Gasteiger charge is -2.12. The molecule has 0 saturated heterocycles. The van der Waals surface area contributed by atoms with Crippen molar-refractivity contribution < 1.29 is 22.5 Å². The second-order valence-corrected chi connectivity index (χ2v) is 10.2. The van der Waals surface area contributed by atoms with Crippen molar-refractivity contribution in [3.63, 3.8) is 0 Å². The Morgan fingerprint density at radius 1 is 0.667 bits per heavy atom. The average Bonchev–Trinajstić information content (AvgIpc) is 2.69. The van der Waals surface area contributed by atoms with E-state index >= 15 is 0 Å². The number of hydrogen-bond donors (Lipinski definition) is 1. The van der Waals surface area contributed by atoms with Gasteiger partial charge in [0, 0.05) is 0 Å². The zero-order chi connectivity index (χ0) is 22.5. The Balaban J connectivity index is 3.43. The molecule has 0 aromatic heterocycles. The van der Waals surface area contributed by atoms with E-state index in [1.54, 1.807) is 6.92 Å². The lowest BCUT2D eigenvalue weighted by Crippen LogP contribution is -2.31. The van der Waals surface area contributed by atoms with E-state index in [0.717, 1.165) is 19.3 Å². The second-order valence-electron chi connectivity index (χ2n) is 8.55. The van der Waals surface area contributed by atoms with Gasteiger partial charge < -0.3 is 4.74 Å². The van der Waals surface area contributed by atoms with Gasteiger partial charge in [0.05, 0.1) is 6.61 Å². The standard InChI is InChI=1S/C24H48O5S/c1-3-5-6-7-8-9-10-11-12-13-14-15-16-17-18-19-20-21-22-23(30(26,27)28)24(25)29-4-2/h23H,3-22H2,1-2H3,(H,26,27,28). The topological polar surface area (TPSA) is 80.7 Å². The van der Waals surface area contributed by atoms with Crippen LogP contribution in [0.2, 0.25) is 0 Å². The Morgan fingerprint density at radius 2 is 1.00 bits per heavy atom. The van der Waals surface area contributed by atoms with Crippen LogP contribution >= 0.6 is 0 Å². The molecule has 0 aliphatic heterocycles. The Labute approximate surface area is 186 Å². The van der Waals surface area contributed by atoms with Crippen LogP contribution in [0.5, 0.6) is 0 Å². The average molecular weight is 449 g/mol. The minimum atomic E-state index is -4.38. The number of unbranched alkanes of at least 4 members (excludes halogenated alkanes) is 17. The van der Waals surface area contributed by atoms with Gasteiger partial charge in [-0.2, -0.15) is 8.42 Å². The highest BCUT2D eigenvalue weighted by molar-refractivity contribution is 7.87. The van der Waals surface area contributed by atoms with Gasteiger partial charge in [0.25, 0.3) is 10.1 Å². The van der Waals surface area contributed by atoms with Crippen molar-refractivity contribution in [2.24, 2.45) is 0 Å². The minimum Gasteiger partial charge on any atom is -0.465 e. The zero-order valence-corrected chi connectivity index (χ0v) is 20.5. The molecule has 1 atom stereocenters. The highest BCUT2D eigenvalue weighted by Gasteiger charge is 2.31. The third-order valence-electron chi connectivity index (χ3n) is 5.73. The van der Waals surface area contributed by atoms with Gasteiger partial charge in [-0.15, -0.1) is 0 Å². The smallest absolute Gasteiger partial charge is 0.326 e. The summed E-state index contributed by atoms with van der Waals surface area (Å²) >= 11 is 0. The molecule has 0 bridgehead atoms. The van der Waals surface area contributed by atoms with Crippen LogP contribution in [-0.4, -0.2) is 30.8 Å². The summed E-state index contributed by atoms with van der Waals surface area (Å²) in [5.41, 5.74) is 0. The van der Waals surface area contributed by atoms with Gasteiger partial charge in [0.2, 0.25) is 0 Å². The molecule has 0 saturated carbocycles. The molecule has 1 unspecified atom stereocenters. The molecule has 0 aliphatic carbocycles. The van der Waals surface area contributed by atoms with E-state index in [4.69, 9.17) is 4.74 Å². The molecule has 0 heterocycles. The SMILES string of the molecule is CCCCCCCCCCCCCCCCCCCCC(C(=O)OCC)S(=O)(=O)O. The van der Waals surface area contributed by atoms with E-state index in [9.17, 15) is 17.8 Å². The molecule has 1 N–H and O–H groups in total. The molecule has 5 nitrogen and oxygen atoms in total. The van der Waals surface area contributed by atoms with E-state index in [2.05, 4.69) is 6.92 Å². The van der Waals surface area contributed by atoms with Gasteiger partial charge in [0.1, 0.15) is 0 Å². The monoisotopic (exact) mass is 448 g/mol. The van der Waals surface area contributed by atoms with Crippen LogP contribution in [0.25, 0.3) is 0 Å². The van der Waals surface area contributed by atoms with Crippen LogP contribution in [0, 0.1) is 0 Å². The molecule has 30 heavy (non-hydrogen) atoms. The summed E-state index contributed by atoms with van der Waals surface area (Å²) in [5, 5.41) is -1.43. The molecule has 6 heteroatoms. The number of carbonyl (C=O) groups is 1. The number of ether oxygens (including phenoxy) is 1. The molecule has 0 spiro atoms.